The molecule has 1 aromatic carbocycles. The van der Waals surface area contributed by atoms with Crippen LogP contribution in [0.4, 0.5) is 4.79 Å². The molecular weight excluding hydrogens is 392 g/mol. The lowest BCUT2D eigenvalue weighted by molar-refractivity contribution is 0.0270. The summed E-state index contributed by atoms with van der Waals surface area (Å²) >= 11 is 9.73. The highest BCUT2D eigenvalue weighted by Crippen LogP contribution is 2.34. The lowest BCUT2D eigenvalue weighted by Gasteiger charge is -2.29. The van der Waals surface area contributed by atoms with Crippen molar-refractivity contribution in [3.8, 4) is 0 Å². The molecule has 0 fully saturated rings. The number of hydrogen-bond donors (Lipinski definition) is 1. The molecule has 0 atom stereocenters. The van der Waals surface area contributed by atoms with Gasteiger partial charge in [0.1, 0.15) is 10.2 Å². The Labute approximate surface area is 154 Å². The fraction of sp³-hybridized carbons (Fsp3) is 0.389. The molecular formula is C18H20BrClN2O2. The lowest BCUT2D eigenvalue weighted by Crippen LogP contribution is -2.39. The Morgan fingerprint density at radius 2 is 2.12 bits per heavy atom. The summed E-state index contributed by atoms with van der Waals surface area (Å²) in [6.07, 6.45) is 2.63. The molecule has 6 heteroatoms. The Morgan fingerprint density at radius 3 is 2.75 bits per heavy atom. The molecule has 128 valence electrons. The molecule has 1 amide bonds. The zero-order chi connectivity index (χ0) is 17.5. The Morgan fingerprint density at radius 1 is 1.38 bits per heavy atom. The van der Waals surface area contributed by atoms with Crippen LogP contribution < -0.4 is 0 Å². The maximum atomic E-state index is 12.1. The summed E-state index contributed by atoms with van der Waals surface area (Å²) < 4.78 is 6.22. The first-order chi connectivity index (χ1) is 11.2. The van der Waals surface area contributed by atoms with Crippen molar-refractivity contribution < 1.29 is 9.53 Å². The topological polar surface area (TPSA) is 45.3 Å². The summed E-state index contributed by atoms with van der Waals surface area (Å²) in [5.41, 5.74) is 2.90. The van der Waals surface area contributed by atoms with Crippen LogP contribution in [0.1, 0.15) is 32.8 Å². The molecule has 1 aliphatic heterocycles. The van der Waals surface area contributed by atoms with E-state index >= 15 is 0 Å². The largest absolute Gasteiger partial charge is 0.444 e. The normalized spacial score (nSPS) is 15.5. The van der Waals surface area contributed by atoms with Crippen molar-refractivity contribution >= 4 is 50.1 Å². The number of amides is 1. The van der Waals surface area contributed by atoms with Gasteiger partial charge >= 0.3 is 6.09 Å². The maximum Gasteiger partial charge on any atom is 0.410 e. The Bertz CT molecular complexity index is 820. The molecule has 0 radical (unpaired) electrons. The molecule has 0 saturated carbocycles. The predicted molar refractivity (Wildman–Crippen MR) is 101 cm³/mol. The summed E-state index contributed by atoms with van der Waals surface area (Å²) in [6, 6.07) is 6.20. The molecule has 0 saturated heterocycles. The summed E-state index contributed by atoms with van der Waals surface area (Å²) in [7, 11) is 0. The van der Waals surface area contributed by atoms with Crippen molar-refractivity contribution in [3.05, 3.63) is 39.5 Å². The van der Waals surface area contributed by atoms with E-state index in [0.29, 0.717) is 18.1 Å². The molecule has 0 spiro atoms. The van der Waals surface area contributed by atoms with Crippen molar-refractivity contribution in [1.82, 2.24) is 9.88 Å². The van der Waals surface area contributed by atoms with Gasteiger partial charge in [0.15, 0.2) is 0 Å². The second kappa shape index (κ2) is 6.45. The van der Waals surface area contributed by atoms with Gasteiger partial charge in [-0.15, -0.1) is 0 Å². The molecule has 2 aromatic rings. The van der Waals surface area contributed by atoms with Crippen LogP contribution in [0.15, 0.2) is 28.9 Å². The van der Waals surface area contributed by atoms with Crippen molar-refractivity contribution in [2.75, 3.05) is 13.1 Å². The van der Waals surface area contributed by atoms with Gasteiger partial charge in [0.05, 0.1) is 5.02 Å². The zero-order valence-corrected chi connectivity index (χ0v) is 16.3. The van der Waals surface area contributed by atoms with Gasteiger partial charge < -0.3 is 14.6 Å². The van der Waals surface area contributed by atoms with Gasteiger partial charge in [0, 0.05) is 24.0 Å². The highest BCUT2D eigenvalue weighted by Gasteiger charge is 2.24. The van der Waals surface area contributed by atoms with Gasteiger partial charge in [0.25, 0.3) is 0 Å². The van der Waals surface area contributed by atoms with Crippen molar-refractivity contribution in [1.29, 1.82) is 0 Å². The van der Waals surface area contributed by atoms with E-state index in [1.807, 2.05) is 26.8 Å². The third kappa shape index (κ3) is 3.62. The second-order valence-corrected chi connectivity index (χ2v) is 8.09. The molecule has 1 aromatic heterocycles. The van der Waals surface area contributed by atoms with Gasteiger partial charge in [0.2, 0.25) is 0 Å². The van der Waals surface area contributed by atoms with E-state index in [1.165, 1.54) is 5.57 Å². The number of hydrogen-bond acceptors (Lipinski definition) is 2. The van der Waals surface area contributed by atoms with Gasteiger partial charge in [-0.05, 0) is 66.4 Å². The van der Waals surface area contributed by atoms with Crippen molar-refractivity contribution in [2.45, 2.75) is 32.8 Å². The van der Waals surface area contributed by atoms with Crippen LogP contribution in [0, 0.1) is 0 Å². The number of aromatic nitrogens is 1. The molecule has 0 bridgehead atoms. The number of carbonyl (C=O) groups is 1. The van der Waals surface area contributed by atoms with Crippen LogP contribution in [0.3, 0.4) is 0 Å². The van der Waals surface area contributed by atoms with E-state index in [-0.39, 0.29) is 6.09 Å². The highest BCUT2D eigenvalue weighted by atomic mass is 79.9. The lowest BCUT2D eigenvalue weighted by atomic mass is 9.98. The van der Waals surface area contributed by atoms with E-state index in [2.05, 4.69) is 39.1 Å². The number of fused-ring (bicyclic) bond motifs is 1. The quantitative estimate of drug-likeness (QED) is 0.663. The molecule has 2 heterocycles. The summed E-state index contributed by atoms with van der Waals surface area (Å²) in [6.45, 7) is 6.86. The number of ether oxygens (including phenoxy) is 1. The van der Waals surface area contributed by atoms with Gasteiger partial charge in [-0.25, -0.2) is 4.79 Å². The third-order valence-electron chi connectivity index (χ3n) is 3.92. The highest BCUT2D eigenvalue weighted by molar-refractivity contribution is 9.10. The third-order valence-corrected chi connectivity index (χ3v) is 5.14. The molecule has 3 rings (SSSR count). The monoisotopic (exact) mass is 410 g/mol. The maximum absolute atomic E-state index is 12.1. The average Bonchev–Trinajstić information content (AvgIpc) is 2.80. The number of aromatic amines is 1. The van der Waals surface area contributed by atoms with Crippen LogP contribution in [0.5, 0.6) is 0 Å². The Kier molecular flexibility index (Phi) is 4.67. The van der Waals surface area contributed by atoms with E-state index in [1.54, 1.807) is 4.90 Å². The minimum atomic E-state index is -0.468. The second-order valence-electron chi connectivity index (χ2n) is 6.92. The van der Waals surface area contributed by atoms with Crippen LogP contribution >= 0.6 is 27.5 Å². The number of benzene rings is 1. The minimum absolute atomic E-state index is 0.258. The minimum Gasteiger partial charge on any atom is -0.444 e. The predicted octanol–water partition coefficient (Wildman–Crippen LogP) is 5.61. The van der Waals surface area contributed by atoms with Gasteiger partial charge in [-0.1, -0.05) is 23.7 Å². The van der Waals surface area contributed by atoms with Crippen molar-refractivity contribution in [2.24, 2.45) is 0 Å². The zero-order valence-electron chi connectivity index (χ0n) is 14.0. The van der Waals surface area contributed by atoms with Crippen LogP contribution in [0.2, 0.25) is 5.02 Å². The van der Waals surface area contributed by atoms with Crippen LogP contribution in [-0.2, 0) is 4.74 Å². The average molecular weight is 412 g/mol. The van der Waals surface area contributed by atoms with E-state index in [9.17, 15) is 4.79 Å². The van der Waals surface area contributed by atoms with Gasteiger partial charge in [-0.2, -0.15) is 0 Å². The molecule has 1 N–H and O–H groups in total. The molecule has 24 heavy (non-hydrogen) atoms. The summed E-state index contributed by atoms with van der Waals surface area (Å²) in [5.74, 6) is 0. The summed E-state index contributed by atoms with van der Waals surface area (Å²) in [4.78, 5) is 17.1. The number of nitrogens with one attached hydrogen (secondary N) is 1. The van der Waals surface area contributed by atoms with E-state index in [0.717, 1.165) is 27.5 Å². The smallest absolute Gasteiger partial charge is 0.410 e. The molecule has 4 nitrogen and oxygen atoms in total. The first kappa shape index (κ1) is 17.4. The van der Waals surface area contributed by atoms with E-state index in [4.69, 9.17) is 16.3 Å². The molecule has 0 unspecified atom stereocenters. The number of halogens is 2. The first-order valence-electron chi connectivity index (χ1n) is 7.88. The number of nitrogens with zero attached hydrogens (tertiary/aromatic N) is 1. The van der Waals surface area contributed by atoms with E-state index < -0.39 is 5.60 Å². The molecule has 0 aliphatic carbocycles. The number of H-pyrrole nitrogens is 1. The van der Waals surface area contributed by atoms with Crippen LogP contribution in [0.25, 0.3) is 16.5 Å². The molecule has 1 aliphatic rings. The Balaban J connectivity index is 1.77. The number of carbonyl (C=O) groups excluding carboxylic acids is 1. The number of rotatable bonds is 1. The fourth-order valence-corrected chi connectivity index (χ4v) is 3.38. The van der Waals surface area contributed by atoms with Crippen LogP contribution in [-0.4, -0.2) is 34.7 Å². The fourth-order valence-electron chi connectivity index (χ4n) is 2.75. The standard InChI is InChI=1S/C18H20BrClN2O2/c1-18(2,3)24-17(23)22-8-6-11(7-9-22)12-4-5-14-13(10-12)15(20)16(19)21-14/h4-6,10,21H,7-9H2,1-3H3. The summed E-state index contributed by atoms with van der Waals surface area (Å²) in [5, 5.41) is 1.69. The van der Waals surface area contributed by atoms with Gasteiger partial charge in [-0.3, -0.25) is 0 Å². The Hall–Kier alpha value is -1.46. The SMILES string of the molecule is CC(C)(C)OC(=O)N1CC=C(c2ccc3[nH]c(Br)c(Cl)c3c2)CC1. The van der Waals surface area contributed by atoms with Crippen molar-refractivity contribution in [3.63, 3.8) is 0 Å². The first-order valence-corrected chi connectivity index (χ1v) is 9.06.